The van der Waals surface area contributed by atoms with Crippen LogP contribution in [0.25, 0.3) is 0 Å². The third-order valence-corrected chi connectivity index (χ3v) is 3.71. The van der Waals surface area contributed by atoms with Gasteiger partial charge in [-0.05, 0) is 68.8 Å². The maximum Gasteiger partial charge on any atom is 0.335 e. The van der Waals surface area contributed by atoms with Crippen LogP contribution in [0.15, 0.2) is 42.5 Å². The molecule has 5 nitrogen and oxygen atoms in total. The van der Waals surface area contributed by atoms with Gasteiger partial charge in [0.1, 0.15) is 5.75 Å². The molecule has 0 fully saturated rings. The smallest absolute Gasteiger partial charge is 0.335 e. The molecule has 126 valence electrons. The van der Waals surface area contributed by atoms with Gasteiger partial charge < -0.3 is 15.2 Å². The van der Waals surface area contributed by atoms with Crippen LogP contribution in [0.3, 0.4) is 0 Å². The van der Waals surface area contributed by atoms with Gasteiger partial charge in [0.25, 0.3) is 5.91 Å². The zero-order valence-corrected chi connectivity index (χ0v) is 14.3. The molecule has 0 aliphatic heterocycles. The molecule has 0 bridgehead atoms. The van der Waals surface area contributed by atoms with Gasteiger partial charge in [0.15, 0.2) is 5.60 Å². The van der Waals surface area contributed by atoms with Gasteiger partial charge in [0.2, 0.25) is 0 Å². The van der Waals surface area contributed by atoms with E-state index in [4.69, 9.17) is 21.4 Å². The quantitative estimate of drug-likeness (QED) is 0.852. The van der Waals surface area contributed by atoms with Crippen molar-refractivity contribution in [1.29, 1.82) is 0 Å². The number of ether oxygens (including phenoxy) is 1. The molecule has 0 saturated carbocycles. The number of hydrogen-bond donors (Lipinski definition) is 2. The summed E-state index contributed by atoms with van der Waals surface area (Å²) in [5.41, 5.74) is 0.247. The number of amides is 1. The fraction of sp³-hybridized carbons (Fsp3) is 0.222. The lowest BCUT2D eigenvalue weighted by Crippen LogP contribution is -2.42. The minimum absolute atomic E-state index is 0.169. The van der Waals surface area contributed by atoms with E-state index in [0.29, 0.717) is 22.0 Å². The predicted octanol–water partition coefficient (Wildman–Crippen LogP) is 4.14. The van der Waals surface area contributed by atoms with E-state index in [1.54, 1.807) is 51.1 Å². The molecule has 6 heteroatoms. The van der Waals surface area contributed by atoms with Gasteiger partial charge in [-0.1, -0.05) is 11.6 Å². The third-order valence-electron chi connectivity index (χ3n) is 3.46. The Hall–Kier alpha value is -2.53. The van der Waals surface area contributed by atoms with E-state index in [9.17, 15) is 9.59 Å². The summed E-state index contributed by atoms with van der Waals surface area (Å²) in [5.74, 6) is -0.830. The molecule has 0 saturated heterocycles. The zero-order chi connectivity index (χ0) is 17.9. The van der Waals surface area contributed by atoms with Crippen LogP contribution in [0.5, 0.6) is 5.75 Å². The average Bonchev–Trinajstić information content (AvgIpc) is 2.51. The van der Waals surface area contributed by atoms with Gasteiger partial charge >= 0.3 is 5.97 Å². The molecular formula is C18H18ClNO4. The predicted molar refractivity (Wildman–Crippen MR) is 92.9 cm³/mol. The SMILES string of the molecule is Cc1cc(C(=O)O)ccc1NC(=O)C(C)(C)Oc1ccc(Cl)cc1. The third kappa shape index (κ3) is 4.26. The average molecular weight is 348 g/mol. The normalized spacial score (nSPS) is 11.0. The fourth-order valence-electron chi connectivity index (χ4n) is 2.05. The summed E-state index contributed by atoms with van der Waals surface area (Å²) < 4.78 is 5.73. The maximum absolute atomic E-state index is 12.5. The molecule has 0 aliphatic carbocycles. The summed E-state index contributed by atoms with van der Waals surface area (Å²) in [4.78, 5) is 23.5. The molecule has 2 aromatic rings. The standard InChI is InChI=1S/C18H18ClNO4/c1-11-10-12(16(21)22)4-9-15(11)20-17(23)18(2,3)24-14-7-5-13(19)6-8-14/h4-10H,1-3H3,(H,20,23)(H,21,22). The van der Waals surface area contributed by atoms with Crippen molar-refractivity contribution in [2.45, 2.75) is 26.4 Å². The van der Waals surface area contributed by atoms with Crippen LogP contribution in [0.1, 0.15) is 29.8 Å². The van der Waals surface area contributed by atoms with E-state index in [2.05, 4.69) is 5.32 Å². The van der Waals surface area contributed by atoms with Crippen LogP contribution >= 0.6 is 11.6 Å². The van der Waals surface area contributed by atoms with E-state index < -0.39 is 11.6 Å². The van der Waals surface area contributed by atoms with Gasteiger partial charge in [0, 0.05) is 10.7 Å². The fourth-order valence-corrected chi connectivity index (χ4v) is 2.18. The van der Waals surface area contributed by atoms with Crippen molar-refractivity contribution in [3.63, 3.8) is 0 Å². The second-order valence-electron chi connectivity index (χ2n) is 5.86. The van der Waals surface area contributed by atoms with Crippen molar-refractivity contribution >= 4 is 29.2 Å². The number of rotatable bonds is 5. The number of halogens is 1. The highest BCUT2D eigenvalue weighted by Gasteiger charge is 2.30. The number of carboxylic acids is 1. The molecule has 0 unspecified atom stereocenters. The van der Waals surface area contributed by atoms with Crippen LogP contribution < -0.4 is 10.1 Å². The second-order valence-corrected chi connectivity index (χ2v) is 6.29. The molecule has 0 heterocycles. The summed E-state index contributed by atoms with van der Waals surface area (Å²) in [6.07, 6.45) is 0. The second kappa shape index (κ2) is 6.93. The zero-order valence-electron chi connectivity index (χ0n) is 13.6. The van der Waals surface area contributed by atoms with Gasteiger partial charge in [-0.25, -0.2) is 4.79 Å². The molecule has 0 aromatic heterocycles. The first-order chi connectivity index (χ1) is 11.2. The van der Waals surface area contributed by atoms with Crippen molar-refractivity contribution in [3.05, 3.63) is 58.6 Å². The lowest BCUT2D eigenvalue weighted by molar-refractivity contribution is -0.128. The molecule has 0 aliphatic rings. The largest absolute Gasteiger partial charge is 0.478 e. The van der Waals surface area contributed by atoms with Crippen LogP contribution in [-0.4, -0.2) is 22.6 Å². The van der Waals surface area contributed by atoms with Crippen molar-refractivity contribution in [2.75, 3.05) is 5.32 Å². The Balaban J connectivity index is 2.12. The molecule has 2 aromatic carbocycles. The van der Waals surface area contributed by atoms with Crippen LogP contribution in [0.2, 0.25) is 5.02 Å². The molecular weight excluding hydrogens is 330 g/mol. The molecule has 2 rings (SSSR count). The van der Waals surface area contributed by atoms with E-state index in [1.807, 2.05) is 0 Å². The van der Waals surface area contributed by atoms with Crippen molar-refractivity contribution < 1.29 is 19.4 Å². The van der Waals surface area contributed by atoms with E-state index in [0.717, 1.165) is 0 Å². The van der Waals surface area contributed by atoms with Gasteiger partial charge in [-0.2, -0.15) is 0 Å². The highest BCUT2D eigenvalue weighted by Crippen LogP contribution is 2.23. The Morgan fingerprint density at radius 1 is 1.12 bits per heavy atom. The van der Waals surface area contributed by atoms with Crippen molar-refractivity contribution in [1.82, 2.24) is 0 Å². The number of aromatic carboxylic acids is 1. The molecule has 0 radical (unpaired) electrons. The first-order valence-corrected chi connectivity index (χ1v) is 7.67. The number of hydrogen-bond acceptors (Lipinski definition) is 3. The minimum atomic E-state index is -1.12. The minimum Gasteiger partial charge on any atom is -0.478 e. The summed E-state index contributed by atoms with van der Waals surface area (Å²) >= 11 is 5.83. The summed E-state index contributed by atoms with van der Waals surface area (Å²) in [6, 6.07) is 11.2. The number of carbonyl (C=O) groups is 2. The Kier molecular flexibility index (Phi) is 5.14. The van der Waals surface area contributed by atoms with Crippen molar-refractivity contribution in [3.8, 4) is 5.75 Å². The Labute approximate surface area is 145 Å². The van der Waals surface area contributed by atoms with E-state index in [-0.39, 0.29) is 11.5 Å². The van der Waals surface area contributed by atoms with Gasteiger partial charge in [-0.3, -0.25) is 4.79 Å². The number of benzene rings is 2. The Bertz CT molecular complexity index is 769. The van der Waals surface area contributed by atoms with Crippen molar-refractivity contribution in [2.24, 2.45) is 0 Å². The summed E-state index contributed by atoms with van der Waals surface area (Å²) in [5, 5.41) is 12.3. The number of nitrogens with one attached hydrogen (secondary N) is 1. The topological polar surface area (TPSA) is 75.6 Å². The van der Waals surface area contributed by atoms with Crippen LogP contribution in [0, 0.1) is 6.92 Å². The molecule has 1 amide bonds. The Morgan fingerprint density at radius 2 is 1.75 bits per heavy atom. The van der Waals surface area contributed by atoms with Gasteiger partial charge in [-0.15, -0.1) is 0 Å². The summed E-state index contributed by atoms with van der Waals surface area (Å²) in [6.45, 7) is 5.03. The van der Waals surface area contributed by atoms with E-state index >= 15 is 0 Å². The lowest BCUT2D eigenvalue weighted by Gasteiger charge is -2.25. The molecule has 0 atom stereocenters. The first-order valence-electron chi connectivity index (χ1n) is 7.29. The molecule has 0 spiro atoms. The number of aryl methyl sites for hydroxylation is 1. The molecule has 24 heavy (non-hydrogen) atoms. The van der Waals surface area contributed by atoms with Crippen LogP contribution in [0.4, 0.5) is 5.69 Å². The number of carboxylic acid groups (broad SMARTS) is 1. The highest BCUT2D eigenvalue weighted by molar-refractivity contribution is 6.30. The highest BCUT2D eigenvalue weighted by atomic mass is 35.5. The summed E-state index contributed by atoms with van der Waals surface area (Å²) in [7, 11) is 0. The number of anilines is 1. The lowest BCUT2D eigenvalue weighted by atomic mass is 10.1. The van der Waals surface area contributed by atoms with E-state index in [1.165, 1.54) is 12.1 Å². The molecule has 2 N–H and O–H groups in total. The number of carbonyl (C=O) groups excluding carboxylic acids is 1. The Morgan fingerprint density at radius 3 is 2.29 bits per heavy atom. The van der Waals surface area contributed by atoms with Crippen LogP contribution in [-0.2, 0) is 4.79 Å². The monoisotopic (exact) mass is 347 g/mol. The van der Waals surface area contributed by atoms with Gasteiger partial charge in [0.05, 0.1) is 5.56 Å². The first kappa shape index (κ1) is 17.8. The maximum atomic E-state index is 12.5.